The van der Waals surface area contributed by atoms with Crippen LogP contribution in [0.15, 0.2) is 22.7 Å². The van der Waals surface area contributed by atoms with Crippen LogP contribution in [-0.2, 0) is 0 Å². The molecule has 1 aromatic carbocycles. The maximum absolute atomic E-state index is 12.6. The fraction of sp³-hybridized carbons (Fsp3) is 0.562. The number of nitrogens with one attached hydrogen (secondary N) is 1. The summed E-state index contributed by atoms with van der Waals surface area (Å²) in [6.07, 6.45) is 2.27. The summed E-state index contributed by atoms with van der Waals surface area (Å²) in [5.74, 6) is 1.70. The number of aryl methyl sites for hydroxylation is 1. The van der Waals surface area contributed by atoms with Gasteiger partial charge in [0, 0.05) is 23.1 Å². The summed E-state index contributed by atoms with van der Waals surface area (Å²) in [5.41, 5.74) is 1.96. The van der Waals surface area contributed by atoms with Gasteiger partial charge < -0.3 is 10.2 Å². The van der Waals surface area contributed by atoms with E-state index in [0.29, 0.717) is 0 Å². The van der Waals surface area contributed by atoms with Crippen molar-refractivity contribution in [1.82, 2.24) is 10.2 Å². The van der Waals surface area contributed by atoms with E-state index in [2.05, 4.69) is 21.2 Å². The van der Waals surface area contributed by atoms with Crippen LogP contribution in [0.4, 0.5) is 0 Å². The zero-order valence-corrected chi connectivity index (χ0v) is 14.7. The molecule has 2 heterocycles. The van der Waals surface area contributed by atoms with Crippen molar-refractivity contribution in [3.8, 4) is 0 Å². The number of amides is 1. The molecule has 0 unspecified atom stereocenters. The molecule has 21 heavy (non-hydrogen) atoms. The van der Waals surface area contributed by atoms with E-state index >= 15 is 0 Å². The van der Waals surface area contributed by atoms with Crippen LogP contribution in [0.2, 0.25) is 0 Å². The van der Waals surface area contributed by atoms with E-state index in [-0.39, 0.29) is 18.3 Å². The maximum Gasteiger partial charge on any atom is 0.253 e. The molecule has 1 aromatic rings. The molecule has 1 amide bonds. The molecule has 2 saturated heterocycles. The molecule has 3 nitrogen and oxygen atoms in total. The molecule has 2 aliphatic rings. The Morgan fingerprint density at radius 2 is 1.86 bits per heavy atom. The van der Waals surface area contributed by atoms with Crippen LogP contribution in [-0.4, -0.2) is 37.0 Å². The molecule has 2 atom stereocenters. The molecular formula is C16H22BrClN2O. The smallest absolute Gasteiger partial charge is 0.253 e. The van der Waals surface area contributed by atoms with Gasteiger partial charge in [0.2, 0.25) is 0 Å². The third kappa shape index (κ3) is 3.61. The van der Waals surface area contributed by atoms with E-state index in [1.54, 1.807) is 0 Å². The van der Waals surface area contributed by atoms with E-state index in [9.17, 15) is 4.79 Å². The van der Waals surface area contributed by atoms with Gasteiger partial charge in [0.15, 0.2) is 0 Å². The third-order valence-corrected chi connectivity index (χ3v) is 5.58. The molecule has 1 N–H and O–H groups in total. The molecule has 3 rings (SSSR count). The van der Waals surface area contributed by atoms with Crippen LogP contribution >= 0.6 is 28.3 Å². The highest BCUT2D eigenvalue weighted by Gasteiger charge is 2.31. The summed E-state index contributed by atoms with van der Waals surface area (Å²) in [6, 6.07) is 5.90. The molecule has 2 aliphatic heterocycles. The van der Waals surface area contributed by atoms with Gasteiger partial charge in [0.1, 0.15) is 0 Å². The Morgan fingerprint density at radius 1 is 1.24 bits per heavy atom. The molecule has 0 bridgehead atoms. The number of benzene rings is 1. The fourth-order valence-electron chi connectivity index (χ4n) is 3.33. The third-order valence-electron chi connectivity index (χ3n) is 4.73. The van der Waals surface area contributed by atoms with Crippen LogP contribution in [0.5, 0.6) is 0 Å². The molecule has 116 valence electrons. The number of halogens is 2. The quantitative estimate of drug-likeness (QED) is 0.819. The van der Waals surface area contributed by atoms with Gasteiger partial charge in [0.25, 0.3) is 5.91 Å². The predicted molar refractivity (Wildman–Crippen MR) is 91.1 cm³/mol. The second-order valence-electron chi connectivity index (χ2n) is 6.01. The standard InChI is InChI=1S/C16H21BrN2O.ClH/c1-11-2-3-12(8-15(11)17)16(20)19-6-4-13-9-18-10-14(13)5-7-19;/h2-3,8,13-14,18H,4-7,9-10H2,1H3;1H/t13-,14+;. The van der Waals surface area contributed by atoms with E-state index in [0.717, 1.165) is 66.5 Å². The second kappa shape index (κ2) is 7.12. The summed E-state index contributed by atoms with van der Waals surface area (Å²) >= 11 is 3.51. The van der Waals surface area contributed by atoms with Gasteiger partial charge in [-0.25, -0.2) is 0 Å². The molecule has 0 radical (unpaired) electrons. The largest absolute Gasteiger partial charge is 0.339 e. The van der Waals surface area contributed by atoms with Crippen molar-refractivity contribution in [2.75, 3.05) is 26.2 Å². The van der Waals surface area contributed by atoms with Gasteiger partial charge in [-0.05, 0) is 62.4 Å². The van der Waals surface area contributed by atoms with Crippen molar-refractivity contribution in [2.24, 2.45) is 11.8 Å². The van der Waals surface area contributed by atoms with Crippen LogP contribution < -0.4 is 5.32 Å². The number of rotatable bonds is 1. The maximum atomic E-state index is 12.6. The average Bonchev–Trinajstić information content (AvgIpc) is 2.80. The summed E-state index contributed by atoms with van der Waals surface area (Å²) < 4.78 is 1.01. The first-order valence-electron chi connectivity index (χ1n) is 7.41. The van der Waals surface area contributed by atoms with E-state index in [4.69, 9.17) is 0 Å². The zero-order valence-electron chi connectivity index (χ0n) is 12.3. The van der Waals surface area contributed by atoms with Gasteiger partial charge in [-0.2, -0.15) is 0 Å². The van der Waals surface area contributed by atoms with Crippen molar-refractivity contribution in [3.63, 3.8) is 0 Å². The number of hydrogen-bond donors (Lipinski definition) is 1. The topological polar surface area (TPSA) is 32.3 Å². The van der Waals surface area contributed by atoms with Gasteiger partial charge in [0.05, 0.1) is 0 Å². The summed E-state index contributed by atoms with van der Waals surface area (Å²) in [4.78, 5) is 14.7. The van der Waals surface area contributed by atoms with Crippen molar-refractivity contribution in [3.05, 3.63) is 33.8 Å². The lowest BCUT2D eigenvalue weighted by Crippen LogP contribution is -2.32. The van der Waals surface area contributed by atoms with Crippen molar-refractivity contribution in [1.29, 1.82) is 0 Å². The number of carbonyl (C=O) groups excluding carboxylic acids is 1. The Balaban J connectivity index is 0.00000161. The van der Waals surface area contributed by atoms with Crippen molar-refractivity contribution >= 4 is 34.2 Å². The molecular weight excluding hydrogens is 352 g/mol. The first-order chi connectivity index (χ1) is 9.65. The van der Waals surface area contributed by atoms with E-state index in [1.807, 2.05) is 30.0 Å². The Bertz CT molecular complexity index is 509. The Kier molecular flexibility index (Phi) is 5.69. The number of likely N-dealkylation sites (tertiary alicyclic amines) is 1. The predicted octanol–water partition coefficient (Wildman–Crippen LogP) is 3.25. The van der Waals surface area contributed by atoms with E-state index in [1.165, 1.54) is 0 Å². The molecule has 0 saturated carbocycles. The van der Waals surface area contributed by atoms with E-state index < -0.39 is 0 Å². The van der Waals surface area contributed by atoms with Gasteiger partial charge in [-0.1, -0.05) is 22.0 Å². The Hall–Kier alpha value is -0.580. The molecule has 5 heteroatoms. The van der Waals surface area contributed by atoms with Crippen LogP contribution in [0.3, 0.4) is 0 Å². The first-order valence-corrected chi connectivity index (χ1v) is 8.20. The normalized spacial score (nSPS) is 25.0. The average molecular weight is 374 g/mol. The molecule has 2 fully saturated rings. The summed E-state index contributed by atoms with van der Waals surface area (Å²) in [7, 11) is 0. The SMILES string of the molecule is Cc1ccc(C(=O)N2CC[C@@H]3CNC[C@@H]3CC2)cc1Br.Cl. The second-order valence-corrected chi connectivity index (χ2v) is 6.87. The molecule has 0 spiro atoms. The number of carbonyl (C=O) groups is 1. The first kappa shape index (κ1) is 16.8. The highest BCUT2D eigenvalue weighted by Crippen LogP contribution is 2.28. The Labute approximate surface area is 141 Å². The highest BCUT2D eigenvalue weighted by molar-refractivity contribution is 9.10. The van der Waals surface area contributed by atoms with Crippen LogP contribution in [0, 0.1) is 18.8 Å². The molecule has 0 aromatic heterocycles. The minimum absolute atomic E-state index is 0. The van der Waals surface area contributed by atoms with Crippen molar-refractivity contribution < 1.29 is 4.79 Å². The number of fused-ring (bicyclic) bond motifs is 1. The minimum Gasteiger partial charge on any atom is -0.339 e. The summed E-state index contributed by atoms with van der Waals surface area (Å²) in [5, 5.41) is 3.47. The molecule has 0 aliphatic carbocycles. The number of nitrogens with zero attached hydrogens (tertiary/aromatic N) is 1. The van der Waals surface area contributed by atoms with Gasteiger partial charge >= 0.3 is 0 Å². The van der Waals surface area contributed by atoms with Gasteiger partial charge in [-0.3, -0.25) is 4.79 Å². The lowest BCUT2D eigenvalue weighted by atomic mass is 9.92. The lowest BCUT2D eigenvalue weighted by Gasteiger charge is -2.21. The zero-order chi connectivity index (χ0) is 14.1. The highest BCUT2D eigenvalue weighted by atomic mass is 79.9. The fourth-order valence-corrected chi connectivity index (χ4v) is 3.71. The number of hydrogen-bond acceptors (Lipinski definition) is 2. The van der Waals surface area contributed by atoms with Crippen LogP contribution in [0.1, 0.15) is 28.8 Å². The van der Waals surface area contributed by atoms with Crippen LogP contribution in [0.25, 0.3) is 0 Å². The summed E-state index contributed by atoms with van der Waals surface area (Å²) in [6.45, 7) is 6.09. The van der Waals surface area contributed by atoms with Gasteiger partial charge in [-0.15, -0.1) is 12.4 Å². The monoisotopic (exact) mass is 372 g/mol. The Morgan fingerprint density at radius 3 is 2.43 bits per heavy atom. The minimum atomic E-state index is 0. The lowest BCUT2D eigenvalue weighted by molar-refractivity contribution is 0.0758. The van der Waals surface area contributed by atoms with Crippen molar-refractivity contribution in [2.45, 2.75) is 19.8 Å².